The van der Waals surface area contributed by atoms with E-state index in [1.54, 1.807) is 48.5 Å². The Kier molecular flexibility index (Phi) is 5.46. The summed E-state index contributed by atoms with van der Waals surface area (Å²) in [5, 5.41) is 4.45. The molecule has 0 saturated carbocycles. The minimum atomic E-state index is -0.476. The molecule has 27 heavy (non-hydrogen) atoms. The molecule has 1 aromatic heterocycles. The van der Waals surface area contributed by atoms with Crippen LogP contribution in [0.4, 0.5) is 0 Å². The zero-order valence-electron chi connectivity index (χ0n) is 14.6. The molecule has 3 rings (SSSR count). The van der Waals surface area contributed by atoms with Gasteiger partial charge in [-0.1, -0.05) is 12.1 Å². The summed E-state index contributed by atoms with van der Waals surface area (Å²) in [4.78, 5) is 36.0. The molecule has 8 nitrogen and oxygen atoms in total. The van der Waals surface area contributed by atoms with E-state index in [0.29, 0.717) is 28.8 Å². The van der Waals surface area contributed by atoms with Gasteiger partial charge in [-0.25, -0.2) is 0 Å². The standard InChI is InChI=1S/C19H18N4O4/c1-2-27-14-9-7-13(8-10-14)19(26)22-21-18(25)12-23-16-6-4-3-5-15(16)17(24)11-20-23/h3-11H,2,12H2,1H3,(H,21,25)(H,22,26). The molecule has 0 bridgehead atoms. The molecule has 2 N–H and O–H groups in total. The molecule has 8 heteroatoms. The van der Waals surface area contributed by atoms with E-state index in [9.17, 15) is 14.4 Å². The van der Waals surface area contributed by atoms with Crippen molar-refractivity contribution in [1.29, 1.82) is 0 Å². The molecule has 0 radical (unpaired) electrons. The highest BCUT2D eigenvalue weighted by atomic mass is 16.5. The number of amides is 2. The number of aromatic nitrogens is 2. The molecule has 2 amide bonds. The molecule has 0 aliphatic rings. The van der Waals surface area contributed by atoms with Crippen molar-refractivity contribution < 1.29 is 14.3 Å². The highest BCUT2D eigenvalue weighted by Gasteiger charge is 2.10. The van der Waals surface area contributed by atoms with Crippen LogP contribution >= 0.6 is 0 Å². The monoisotopic (exact) mass is 366 g/mol. The topological polar surface area (TPSA) is 102 Å². The Bertz CT molecular complexity index is 1030. The molecule has 2 aromatic carbocycles. The number of hydrazine groups is 1. The molecule has 0 unspecified atom stereocenters. The summed E-state index contributed by atoms with van der Waals surface area (Å²) in [7, 11) is 0. The minimum Gasteiger partial charge on any atom is -0.494 e. The van der Waals surface area contributed by atoms with Gasteiger partial charge in [-0.05, 0) is 43.3 Å². The fourth-order valence-electron chi connectivity index (χ4n) is 2.53. The second-order valence-electron chi connectivity index (χ2n) is 5.64. The molecule has 0 saturated heterocycles. The molecular formula is C19H18N4O4. The predicted octanol–water partition coefficient (Wildman–Crippen LogP) is 1.26. The Morgan fingerprint density at radius 1 is 1.07 bits per heavy atom. The highest BCUT2D eigenvalue weighted by Crippen LogP contribution is 2.11. The smallest absolute Gasteiger partial charge is 0.269 e. The van der Waals surface area contributed by atoms with Gasteiger partial charge in [0.1, 0.15) is 12.3 Å². The van der Waals surface area contributed by atoms with Crippen molar-refractivity contribution in [3.63, 3.8) is 0 Å². The van der Waals surface area contributed by atoms with Gasteiger partial charge in [-0.15, -0.1) is 0 Å². The van der Waals surface area contributed by atoms with Crippen LogP contribution in [0.3, 0.4) is 0 Å². The SMILES string of the molecule is CCOc1ccc(C(=O)NNC(=O)Cn2ncc(=O)c3ccccc32)cc1. The number of carbonyl (C=O) groups is 2. The zero-order valence-corrected chi connectivity index (χ0v) is 14.6. The highest BCUT2D eigenvalue weighted by molar-refractivity contribution is 5.95. The van der Waals surface area contributed by atoms with Crippen molar-refractivity contribution in [3.05, 3.63) is 70.5 Å². The first-order valence-corrected chi connectivity index (χ1v) is 8.35. The van der Waals surface area contributed by atoms with Gasteiger partial charge in [0.05, 0.1) is 18.3 Å². The van der Waals surface area contributed by atoms with E-state index in [2.05, 4.69) is 16.0 Å². The number of hydrogen-bond donors (Lipinski definition) is 2. The van der Waals surface area contributed by atoms with Crippen LogP contribution in [0, 0.1) is 0 Å². The van der Waals surface area contributed by atoms with Gasteiger partial charge in [-0.3, -0.25) is 29.9 Å². The lowest BCUT2D eigenvalue weighted by Gasteiger charge is -2.11. The summed E-state index contributed by atoms with van der Waals surface area (Å²) in [5.74, 6) is -0.269. The van der Waals surface area contributed by atoms with E-state index in [1.165, 1.54) is 4.68 Å². The maximum absolute atomic E-state index is 12.1. The van der Waals surface area contributed by atoms with Crippen LogP contribution in [0.15, 0.2) is 59.5 Å². The van der Waals surface area contributed by atoms with Crippen molar-refractivity contribution in [2.45, 2.75) is 13.5 Å². The molecule has 1 heterocycles. The third-order valence-corrected chi connectivity index (χ3v) is 3.80. The van der Waals surface area contributed by atoms with Gasteiger partial charge in [-0.2, -0.15) is 5.10 Å². The first kappa shape index (κ1) is 18.1. The number of fused-ring (bicyclic) bond motifs is 1. The average Bonchev–Trinajstić information content (AvgIpc) is 2.69. The van der Waals surface area contributed by atoms with Crippen molar-refractivity contribution >= 4 is 22.7 Å². The second kappa shape index (κ2) is 8.13. The first-order chi connectivity index (χ1) is 13.1. The third-order valence-electron chi connectivity index (χ3n) is 3.80. The number of hydrogen-bond acceptors (Lipinski definition) is 5. The van der Waals surface area contributed by atoms with Gasteiger partial charge in [0, 0.05) is 10.9 Å². The summed E-state index contributed by atoms with van der Waals surface area (Å²) in [6.45, 7) is 2.26. The van der Waals surface area contributed by atoms with Gasteiger partial charge in [0.15, 0.2) is 0 Å². The molecule has 138 valence electrons. The second-order valence-corrected chi connectivity index (χ2v) is 5.64. The number of ether oxygens (including phenoxy) is 1. The van der Waals surface area contributed by atoms with Crippen molar-refractivity contribution in [3.8, 4) is 5.75 Å². The summed E-state index contributed by atoms with van der Waals surface area (Å²) in [6.07, 6.45) is 1.16. The van der Waals surface area contributed by atoms with E-state index in [4.69, 9.17) is 4.74 Å². The van der Waals surface area contributed by atoms with Gasteiger partial charge in [0.25, 0.3) is 11.8 Å². The van der Waals surface area contributed by atoms with Crippen molar-refractivity contribution in [2.75, 3.05) is 6.61 Å². The zero-order chi connectivity index (χ0) is 19.2. The normalized spacial score (nSPS) is 10.4. The van der Waals surface area contributed by atoms with E-state index < -0.39 is 11.8 Å². The fraction of sp³-hybridized carbons (Fsp3) is 0.158. The third kappa shape index (κ3) is 4.30. The van der Waals surface area contributed by atoms with Crippen LogP contribution < -0.4 is 21.0 Å². The number of carbonyl (C=O) groups excluding carboxylic acids is 2. The van der Waals surface area contributed by atoms with Crippen LogP contribution in [0.2, 0.25) is 0 Å². The van der Waals surface area contributed by atoms with Crippen LogP contribution in [0.1, 0.15) is 17.3 Å². The lowest BCUT2D eigenvalue weighted by Crippen LogP contribution is -2.43. The number of nitrogens with one attached hydrogen (secondary N) is 2. The Labute approximate surface area is 154 Å². The minimum absolute atomic E-state index is 0.148. The lowest BCUT2D eigenvalue weighted by atomic mass is 10.2. The van der Waals surface area contributed by atoms with Crippen LogP contribution in [0.5, 0.6) is 5.75 Å². The Morgan fingerprint density at radius 3 is 2.56 bits per heavy atom. The molecule has 3 aromatic rings. The average molecular weight is 366 g/mol. The number of rotatable bonds is 5. The number of nitrogens with zero attached hydrogens (tertiary/aromatic N) is 2. The van der Waals surface area contributed by atoms with E-state index in [-0.39, 0.29) is 12.0 Å². The molecule has 0 aliphatic heterocycles. The van der Waals surface area contributed by atoms with Crippen LogP contribution in [-0.2, 0) is 11.3 Å². The van der Waals surface area contributed by atoms with Crippen molar-refractivity contribution in [2.24, 2.45) is 0 Å². The maximum atomic E-state index is 12.1. The van der Waals surface area contributed by atoms with Crippen LogP contribution in [-0.4, -0.2) is 28.2 Å². The Hall–Kier alpha value is -3.68. The number of para-hydroxylation sites is 1. The predicted molar refractivity (Wildman–Crippen MR) is 99.2 cm³/mol. The van der Waals surface area contributed by atoms with Gasteiger partial charge in [0.2, 0.25) is 5.43 Å². The van der Waals surface area contributed by atoms with Crippen molar-refractivity contribution in [1.82, 2.24) is 20.6 Å². The molecular weight excluding hydrogens is 348 g/mol. The van der Waals surface area contributed by atoms with Gasteiger partial charge < -0.3 is 4.74 Å². The Balaban J connectivity index is 1.62. The van der Waals surface area contributed by atoms with E-state index in [1.807, 2.05) is 6.92 Å². The summed E-state index contributed by atoms with van der Waals surface area (Å²) < 4.78 is 6.71. The summed E-state index contributed by atoms with van der Waals surface area (Å²) in [5.41, 5.74) is 5.39. The quantitative estimate of drug-likeness (QED) is 0.662. The Morgan fingerprint density at radius 2 is 1.81 bits per heavy atom. The first-order valence-electron chi connectivity index (χ1n) is 8.35. The lowest BCUT2D eigenvalue weighted by molar-refractivity contribution is -0.122. The molecule has 0 aliphatic carbocycles. The molecule has 0 fully saturated rings. The van der Waals surface area contributed by atoms with Crippen LogP contribution in [0.25, 0.3) is 10.9 Å². The van der Waals surface area contributed by atoms with E-state index >= 15 is 0 Å². The fourth-order valence-corrected chi connectivity index (χ4v) is 2.53. The summed E-state index contributed by atoms with van der Waals surface area (Å²) >= 11 is 0. The summed E-state index contributed by atoms with van der Waals surface area (Å²) in [6, 6.07) is 13.4. The number of benzene rings is 2. The maximum Gasteiger partial charge on any atom is 0.269 e. The van der Waals surface area contributed by atoms with E-state index in [0.717, 1.165) is 6.20 Å². The van der Waals surface area contributed by atoms with Gasteiger partial charge >= 0.3 is 0 Å². The molecule has 0 atom stereocenters. The molecule has 0 spiro atoms. The largest absolute Gasteiger partial charge is 0.494 e.